The summed E-state index contributed by atoms with van der Waals surface area (Å²) in [5, 5.41) is 3.63. The molecule has 4 rings (SSSR count). The lowest BCUT2D eigenvalue weighted by molar-refractivity contribution is 0.230. The Morgan fingerprint density at radius 3 is 3.05 bits per heavy atom. The van der Waals surface area contributed by atoms with E-state index in [-0.39, 0.29) is 0 Å². The Hall–Kier alpha value is -1.13. The Balaban J connectivity index is 1.48. The predicted molar refractivity (Wildman–Crippen MR) is 80.9 cm³/mol. The van der Waals surface area contributed by atoms with Gasteiger partial charge in [0.25, 0.3) is 0 Å². The normalized spacial score (nSPS) is 26.8. The van der Waals surface area contributed by atoms with E-state index in [2.05, 4.69) is 32.4 Å². The molecular formula is C16H24N4. The molecule has 1 aromatic heterocycles. The number of anilines is 1. The number of nitrogens with zero attached hydrogens (tertiary/aromatic N) is 3. The lowest BCUT2D eigenvalue weighted by atomic mass is 10.1. The fourth-order valence-corrected chi connectivity index (χ4v) is 3.60. The Labute approximate surface area is 121 Å². The van der Waals surface area contributed by atoms with Gasteiger partial charge in [-0.2, -0.15) is 0 Å². The molecular weight excluding hydrogens is 248 g/mol. The maximum atomic E-state index is 4.37. The molecule has 0 amide bonds. The highest BCUT2D eigenvalue weighted by Gasteiger charge is 2.31. The molecule has 3 heterocycles. The Bertz CT molecular complexity index is 471. The largest absolute Gasteiger partial charge is 0.367 e. The van der Waals surface area contributed by atoms with Gasteiger partial charge >= 0.3 is 0 Å². The van der Waals surface area contributed by atoms with E-state index in [1.165, 1.54) is 56.6 Å². The third kappa shape index (κ3) is 2.54. The van der Waals surface area contributed by atoms with Crippen LogP contribution in [0.5, 0.6) is 0 Å². The number of rotatable bonds is 4. The van der Waals surface area contributed by atoms with Crippen LogP contribution in [-0.2, 0) is 6.54 Å². The molecule has 0 spiro atoms. The van der Waals surface area contributed by atoms with Crippen molar-refractivity contribution in [2.45, 2.75) is 44.3 Å². The van der Waals surface area contributed by atoms with Crippen molar-refractivity contribution in [2.24, 2.45) is 0 Å². The SMILES string of the molecule is c1cc(CNC2CC2)c(N2CCN3CCCC3C2)cn1. The molecule has 0 bridgehead atoms. The van der Waals surface area contributed by atoms with E-state index in [9.17, 15) is 0 Å². The predicted octanol–water partition coefficient (Wildman–Crippen LogP) is 1.62. The quantitative estimate of drug-likeness (QED) is 0.902. The molecule has 108 valence electrons. The van der Waals surface area contributed by atoms with E-state index >= 15 is 0 Å². The zero-order chi connectivity index (χ0) is 13.4. The number of pyridine rings is 1. The van der Waals surface area contributed by atoms with Crippen LogP contribution in [0.2, 0.25) is 0 Å². The molecule has 0 aromatic carbocycles. The summed E-state index contributed by atoms with van der Waals surface area (Å²) in [4.78, 5) is 9.59. The van der Waals surface area contributed by atoms with E-state index < -0.39 is 0 Å². The number of hydrogen-bond donors (Lipinski definition) is 1. The molecule has 1 atom stereocenters. The highest BCUT2D eigenvalue weighted by atomic mass is 15.3. The van der Waals surface area contributed by atoms with Gasteiger partial charge in [-0.1, -0.05) is 0 Å². The fraction of sp³-hybridized carbons (Fsp3) is 0.688. The summed E-state index contributed by atoms with van der Waals surface area (Å²) in [5.74, 6) is 0. The van der Waals surface area contributed by atoms with Crippen molar-refractivity contribution in [1.29, 1.82) is 0 Å². The van der Waals surface area contributed by atoms with Gasteiger partial charge < -0.3 is 10.2 Å². The minimum absolute atomic E-state index is 0.766. The maximum absolute atomic E-state index is 4.37. The van der Waals surface area contributed by atoms with Crippen LogP contribution < -0.4 is 10.2 Å². The molecule has 1 N–H and O–H groups in total. The van der Waals surface area contributed by atoms with Crippen LogP contribution in [0.3, 0.4) is 0 Å². The first-order valence-corrected chi connectivity index (χ1v) is 8.05. The third-order valence-corrected chi connectivity index (χ3v) is 4.97. The van der Waals surface area contributed by atoms with Gasteiger partial charge in [-0.3, -0.25) is 9.88 Å². The molecule has 3 fully saturated rings. The van der Waals surface area contributed by atoms with Crippen LogP contribution in [0.4, 0.5) is 5.69 Å². The summed E-state index contributed by atoms with van der Waals surface area (Å²) in [6, 6.07) is 3.72. The first-order chi connectivity index (χ1) is 9.90. The summed E-state index contributed by atoms with van der Waals surface area (Å²) in [7, 11) is 0. The van der Waals surface area contributed by atoms with E-state index in [0.29, 0.717) is 0 Å². The lowest BCUT2D eigenvalue weighted by Crippen LogP contribution is -2.50. The van der Waals surface area contributed by atoms with Crippen molar-refractivity contribution in [3.8, 4) is 0 Å². The van der Waals surface area contributed by atoms with Crippen LogP contribution in [-0.4, -0.2) is 48.1 Å². The second-order valence-electron chi connectivity index (χ2n) is 6.44. The average Bonchev–Trinajstić information content (AvgIpc) is 3.20. The first-order valence-electron chi connectivity index (χ1n) is 8.05. The van der Waals surface area contributed by atoms with Gasteiger partial charge in [0.15, 0.2) is 0 Å². The molecule has 0 radical (unpaired) electrons. The van der Waals surface area contributed by atoms with Gasteiger partial charge in [0.05, 0.1) is 11.9 Å². The minimum Gasteiger partial charge on any atom is -0.367 e. The molecule has 1 aromatic rings. The Kier molecular flexibility index (Phi) is 3.36. The molecule has 3 aliphatic rings. The van der Waals surface area contributed by atoms with Crippen LogP contribution >= 0.6 is 0 Å². The van der Waals surface area contributed by atoms with Gasteiger partial charge in [-0.25, -0.2) is 0 Å². The number of hydrogen-bond acceptors (Lipinski definition) is 4. The summed E-state index contributed by atoms with van der Waals surface area (Å²) in [6.07, 6.45) is 9.43. The smallest absolute Gasteiger partial charge is 0.0599 e. The van der Waals surface area contributed by atoms with Gasteiger partial charge in [-0.15, -0.1) is 0 Å². The van der Waals surface area contributed by atoms with Crippen LogP contribution in [0.25, 0.3) is 0 Å². The summed E-state index contributed by atoms with van der Waals surface area (Å²) in [6.45, 7) is 5.85. The monoisotopic (exact) mass is 272 g/mol. The first kappa shape index (κ1) is 12.6. The second kappa shape index (κ2) is 5.34. The van der Waals surface area contributed by atoms with E-state index in [0.717, 1.165) is 25.2 Å². The van der Waals surface area contributed by atoms with Crippen molar-refractivity contribution in [2.75, 3.05) is 31.1 Å². The second-order valence-corrected chi connectivity index (χ2v) is 6.44. The lowest BCUT2D eigenvalue weighted by Gasteiger charge is -2.39. The average molecular weight is 272 g/mol. The molecule has 4 nitrogen and oxygen atoms in total. The van der Waals surface area contributed by atoms with E-state index in [1.54, 1.807) is 0 Å². The van der Waals surface area contributed by atoms with Gasteiger partial charge in [0.1, 0.15) is 0 Å². The standard InChI is InChI=1S/C16H24N4/c1-2-15-12-20(9-8-19(15)7-1)16-11-17-6-5-13(16)10-18-14-3-4-14/h5-6,11,14-15,18H,1-4,7-10,12H2. The highest BCUT2D eigenvalue weighted by molar-refractivity contribution is 5.52. The van der Waals surface area contributed by atoms with Crippen molar-refractivity contribution in [3.63, 3.8) is 0 Å². The van der Waals surface area contributed by atoms with Crippen LogP contribution in [0.15, 0.2) is 18.5 Å². The minimum atomic E-state index is 0.766. The fourth-order valence-electron chi connectivity index (χ4n) is 3.60. The Morgan fingerprint density at radius 2 is 2.15 bits per heavy atom. The molecule has 1 saturated carbocycles. The molecule has 2 saturated heterocycles. The Morgan fingerprint density at radius 1 is 1.20 bits per heavy atom. The zero-order valence-electron chi connectivity index (χ0n) is 12.1. The number of piperazine rings is 1. The third-order valence-electron chi connectivity index (χ3n) is 4.97. The van der Waals surface area contributed by atoms with E-state index in [4.69, 9.17) is 0 Å². The van der Waals surface area contributed by atoms with Crippen LogP contribution in [0, 0.1) is 0 Å². The number of nitrogens with one attached hydrogen (secondary N) is 1. The number of fused-ring (bicyclic) bond motifs is 1. The van der Waals surface area contributed by atoms with Gasteiger partial charge in [0.2, 0.25) is 0 Å². The van der Waals surface area contributed by atoms with E-state index in [1.807, 2.05) is 6.20 Å². The molecule has 20 heavy (non-hydrogen) atoms. The van der Waals surface area contributed by atoms with Crippen molar-refractivity contribution in [1.82, 2.24) is 15.2 Å². The summed E-state index contributed by atoms with van der Waals surface area (Å²) in [5.41, 5.74) is 2.77. The van der Waals surface area contributed by atoms with Crippen molar-refractivity contribution in [3.05, 3.63) is 24.0 Å². The summed E-state index contributed by atoms with van der Waals surface area (Å²) < 4.78 is 0. The molecule has 1 unspecified atom stereocenters. The van der Waals surface area contributed by atoms with Gasteiger partial charge in [0, 0.05) is 44.5 Å². The van der Waals surface area contributed by atoms with Crippen molar-refractivity contribution < 1.29 is 0 Å². The molecule has 2 aliphatic heterocycles. The van der Waals surface area contributed by atoms with Gasteiger partial charge in [-0.05, 0) is 43.9 Å². The topological polar surface area (TPSA) is 31.4 Å². The number of aromatic nitrogens is 1. The van der Waals surface area contributed by atoms with Crippen LogP contribution in [0.1, 0.15) is 31.2 Å². The molecule has 1 aliphatic carbocycles. The summed E-state index contributed by atoms with van der Waals surface area (Å²) >= 11 is 0. The highest BCUT2D eigenvalue weighted by Crippen LogP contribution is 2.28. The maximum Gasteiger partial charge on any atom is 0.0599 e. The zero-order valence-corrected chi connectivity index (χ0v) is 12.1. The molecule has 4 heteroatoms. The van der Waals surface area contributed by atoms with Crippen molar-refractivity contribution >= 4 is 5.69 Å².